The van der Waals surface area contributed by atoms with Gasteiger partial charge in [0.25, 0.3) is 0 Å². The second-order valence-corrected chi connectivity index (χ2v) is 9.46. The summed E-state index contributed by atoms with van der Waals surface area (Å²) in [6.07, 6.45) is 0. The van der Waals surface area contributed by atoms with Gasteiger partial charge in [-0.2, -0.15) is 0 Å². The summed E-state index contributed by atoms with van der Waals surface area (Å²) in [6, 6.07) is 16.7. The van der Waals surface area contributed by atoms with Gasteiger partial charge in [0.1, 0.15) is 0 Å². The van der Waals surface area contributed by atoms with Crippen molar-refractivity contribution in [2.45, 2.75) is 11.8 Å². The second-order valence-electron chi connectivity index (χ2n) is 9.46. The van der Waals surface area contributed by atoms with E-state index in [0.29, 0.717) is 6.54 Å². The lowest BCUT2D eigenvalue weighted by Crippen LogP contribution is -2.44. The van der Waals surface area contributed by atoms with E-state index in [0.717, 1.165) is 26.2 Å². The Hall–Kier alpha value is -2.94. The molecule has 5 heteroatoms. The number of nitrogens with zero attached hydrogens (tertiary/aromatic N) is 3. The molecule has 5 aliphatic rings. The van der Waals surface area contributed by atoms with E-state index in [-0.39, 0.29) is 42.0 Å². The van der Waals surface area contributed by atoms with Crippen LogP contribution in [0.3, 0.4) is 0 Å². The van der Waals surface area contributed by atoms with Gasteiger partial charge in [-0.1, -0.05) is 60.4 Å². The van der Waals surface area contributed by atoms with Crippen LogP contribution in [0.4, 0.5) is 0 Å². The SMILES string of the molecule is CN1CCN(CC#CCN2C(=O)[C@@H]3C4c5ccccc5C(c5ccccc54)[C@@H]3C2=O)CC1. The zero-order valence-electron chi connectivity index (χ0n) is 18.3. The summed E-state index contributed by atoms with van der Waals surface area (Å²) in [5, 5.41) is 0. The van der Waals surface area contributed by atoms with Crippen molar-refractivity contribution < 1.29 is 9.59 Å². The van der Waals surface area contributed by atoms with Crippen molar-refractivity contribution in [3.8, 4) is 11.8 Å². The average Bonchev–Trinajstić information content (AvgIpc) is 3.08. The lowest BCUT2D eigenvalue weighted by molar-refractivity contribution is -0.139. The molecule has 2 aromatic rings. The molecule has 0 aromatic heterocycles. The van der Waals surface area contributed by atoms with Crippen molar-refractivity contribution in [2.24, 2.45) is 11.8 Å². The van der Waals surface area contributed by atoms with Crippen LogP contribution in [-0.4, -0.2) is 72.8 Å². The number of rotatable bonds is 2. The molecule has 5 nitrogen and oxygen atoms in total. The number of likely N-dealkylation sites (tertiary alicyclic amines) is 1. The maximum Gasteiger partial charge on any atom is 0.234 e. The normalized spacial score (nSPS) is 28.7. The van der Waals surface area contributed by atoms with Gasteiger partial charge in [0.15, 0.2) is 0 Å². The molecule has 3 aliphatic carbocycles. The summed E-state index contributed by atoms with van der Waals surface area (Å²) in [6.45, 7) is 5.02. The maximum absolute atomic E-state index is 13.5. The minimum absolute atomic E-state index is 0.0443. The lowest BCUT2D eigenvalue weighted by Gasteiger charge is -2.45. The van der Waals surface area contributed by atoms with Crippen LogP contribution in [0.15, 0.2) is 48.5 Å². The molecule has 2 aliphatic heterocycles. The van der Waals surface area contributed by atoms with Crippen LogP contribution in [0, 0.1) is 23.7 Å². The Kier molecular flexibility index (Phi) is 4.67. The highest BCUT2D eigenvalue weighted by molar-refractivity contribution is 6.07. The number of likely N-dealkylation sites (N-methyl/N-ethyl adjacent to an activating group) is 1. The summed E-state index contributed by atoms with van der Waals surface area (Å²) in [5.74, 6) is 5.53. The van der Waals surface area contributed by atoms with Gasteiger partial charge in [-0.15, -0.1) is 0 Å². The number of piperazine rings is 1. The van der Waals surface area contributed by atoms with Gasteiger partial charge in [0.05, 0.1) is 24.9 Å². The monoisotopic (exact) mass is 425 g/mol. The molecular formula is C27H27N3O2. The first kappa shape index (κ1) is 19.7. The standard InChI is InChI=1S/C27H27N3O2/c1-28-14-16-29(17-15-28)12-6-7-13-30-26(31)24-22-18-8-2-3-9-19(18)23(25(24)27(30)32)21-11-5-4-10-20(21)22/h2-5,8-11,22-25H,12-17H2,1H3/t22?,23?,24-,25+. The maximum atomic E-state index is 13.5. The smallest absolute Gasteiger partial charge is 0.234 e. The molecule has 7 rings (SSSR count). The Balaban J connectivity index is 1.27. The summed E-state index contributed by atoms with van der Waals surface area (Å²) in [4.78, 5) is 33.1. The zero-order chi connectivity index (χ0) is 21.8. The van der Waals surface area contributed by atoms with Crippen molar-refractivity contribution >= 4 is 11.8 Å². The van der Waals surface area contributed by atoms with Crippen molar-refractivity contribution in [1.29, 1.82) is 0 Å². The van der Waals surface area contributed by atoms with E-state index in [4.69, 9.17) is 0 Å². The van der Waals surface area contributed by atoms with Crippen LogP contribution in [-0.2, 0) is 9.59 Å². The largest absolute Gasteiger partial charge is 0.304 e. The Morgan fingerprint density at radius 2 is 1.16 bits per heavy atom. The number of carbonyl (C=O) groups is 2. The van der Waals surface area contributed by atoms with Crippen molar-refractivity contribution in [2.75, 3.05) is 46.3 Å². The lowest BCUT2D eigenvalue weighted by atomic mass is 9.55. The third-order valence-electron chi connectivity index (χ3n) is 7.80. The van der Waals surface area contributed by atoms with Gasteiger partial charge < -0.3 is 4.90 Å². The highest BCUT2D eigenvalue weighted by Crippen LogP contribution is 2.60. The van der Waals surface area contributed by atoms with E-state index < -0.39 is 0 Å². The summed E-state index contributed by atoms with van der Waals surface area (Å²) in [7, 11) is 2.14. The van der Waals surface area contributed by atoms with Crippen LogP contribution in [0.1, 0.15) is 34.1 Å². The van der Waals surface area contributed by atoms with Crippen LogP contribution >= 0.6 is 0 Å². The van der Waals surface area contributed by atoms with Crippen molar-refractivity contribution in [3.05, 3.63) is 70.8 Å². The molecule has 2 atom stereocenters. The third-order valence-corrected chi connectivity index (χ3v) is 7.80. The fourth-order valence-electron chi connectivity index (χ4n) is 6.20. The Bertz CT molecular complexity index is 1040. The van der Waals surface area contributed by atoms with E-state index >= 15 is 0 Å². The molecule has 0 radical (unpaired) electrons. The molecule has 162 valence electrons. The first-order chi connectivity index (χ1) is 15.6. The topological polar surface area (TPSA) is 43.9 Å². The predicted molar refractivity (Wildman–Crippen MR) is 122 cm³/mol. The first-order valence-corrected chi connectivity index (χ1v) is 11.5. The molecule has 0 spiro atoms. The van der Waals surface area contributed by atoms with E-state index in [2.05, 4.69) is 53.0 Å². The number of carbonyl (C=O) groups excluding carboxylic acids is 2. The highest BCUT2D eigenvalue weighted by Gasteiger charge is 2.61. The summed E-state index contributed by atoms with van der Waals surface area (Å²) >= 11 is 0. The van der Waals surface area contributed by atoms with Gasteiger partial charge in [-0.05, 0) is 29.3 Å². The van der Waals surface area contributed by atoms with Crippen LogP contribution < -0.4 is 0 Å². The molecule has 2 fully saturated rings. The van der Waals surface area contributed by atoms with Crippen LogP contribution in [0.25, 0.3) is 0 Å². The van der Waals surface area contributed by atoms with Crippen LogP contribution in [0.2, 0.25) is 0 Å². The summed E-state index contributed by atoms with van der Waals surface area (Å²) in [5.41, 5.74) is 4.84. The second kappa shape index (κ2) is 7.58. The Labute approximate surface area is 189 Å². The van der Waals surface area contributed by atoms with E-state index in [9.17, 15) is 9.59 Å². The average molecular weight is 426 g/mol. The molecule has 2 heterocycles. The van der Waals surface area contributed by atoms with Gasteiger partial charge in [0.2, 0.25) is 11.8 Å². The number of imide groups is 1. The third kappa shape index (κ3) is 2.87. The minimum atomic E-state index is -0.309. The number of amides is 2. The minimum Gasteiger partial charge on any atom is -0.304 e. The molecule has 2 saturated heterocycles. The van der Waals surface area contributed by atoms with Crippen molar-refractivity contribution in [3.63, 3.8) is 0 Å². The predicted octanol–water partition coefficient (Wildman–Crippen LogP) is 2.13. The molecule has 2 amide bonds. The highest BCUT2D eigenvalue weighted by atomic mass is 16.2. The van der Waals surface area contributed by atoms with Gasteiger partial charge in [-0.3, -0.25) is 19.4 Å². The van der Waals surface area contributed by atoms with Gasteiger partial charge >= 0.3 is 0 Å². The number of hydrogen-bond acceptors (Lipinski definition) is 4. The molecular weight excluding hydrogens is 398 g/mol. The number of hydrogen-bond donors (Lipinski definition) is 0. The first-order valence-electron chi connectivity index (χ1n) is 11.5. The molecule has 0 saturated carbocycles. The Morgan fingerprint density at radius 3 is 1.62 bits per heavy atom. The molecule has 2 aromatic carbocycles. The van der Waals surface area contributed by atoms with E-state index in [1.165, 1.54) is 27.2 Å². The molecule has 2 bridgehead atoms. The van der Waals surface area contributed by atoms with Crippen LogP contribution in [0.5, 0.6) is 0 Å². The molecule has 32 heavy (non-hydrogen) atoms. The fourth-order valence-corrected chi connectivity index (χ4v) is 6.20. The van der Waals surface area contributed by atoms with E-state index in [1.54, 1.807) is 0 Å². The molecule has 0 unspecified atom stereocenters. The zero-order valence-corrected chi connectivity index (χ0v) is 18.3. The fraction of sp³-hybridized carbons (Fsp3) is 0.407. The van der Waals surface area contributed by atoms with Gasteiger partial charge in [-0.25, -0.2) is 0 Å². The number of benzene rings is 2. The van der Waals surface area contributed by atoms with Gasteiger partial charge in [0, 0.05) is 38.0 Å². The van der Waals surface area contributed by atoms with Crippen molar-refractivity contribution in [1.82, 2.24) is 14.7 Å². The molecule has 0 N–H and O–H groups in total. The van der Waals surface area contributed by atoms with E-state index in [1.807, 2.05) is 24.3 Å². The Morgan fingerprint density at radius 1 is 0.719 bits per heavy atom. The quantitative estimate of drug-likeness (QED) is 0.546. The summed E-state index contributed by atoms with van der Waals surface area (Å²) < 4.78 is 0.